The average Bonchev–Trinajstić information content (AvgIpc) is 2.29. The number of nitrogens with two attached hydrogens (primary N) is 1. The van der Waals surface area contributed by atoms with Gasteiger partial charge in [-0.3, -0.25) is 4.79 Å². The van der Waals surface area contributed by atoms with Crippen molar-refractivity contribution in [3.05, 3.63) is 40.9 Å². The van der Waals surface area contributed by atoms with Gasteiger partial charge in [-0.1, -0.05) is 30.3 Å². The molecule has 0 aliphatic rings. The van der Waals surface area contributed by atoms with Crippen LogP contribution in [0.4, 0.5) is 0 Å². The van der Waals surface area contributed by atoms with Crippen molar-refractivity contribution in [2.45, 2.75) is 19.4 Å². The van der Waals surface area contributed by atoms with Crippen molar-refractivity contribution in [3.63, 3.8) is 0 Å². The van der Waals surface area contributed by atoms with Gasteiger partial charge in [0.1, 0.15) is 18.4 Å². The summed E-state index contributed by atoms with van der Waals surface area (Å²) in [6, 6.07) is 4.24. The Morgan fingerprint density at radius 2 is 2.28 bits per heavy atom. The summed E-state index contributed by atoms with van der Waals surface area (Å²) < 4.78 is 5.46. The second kappa shape index (κ2) is 6.42. The molecule has 0 bridgehead atoms. The standard InChI is InChI=1S/C13H16ClNO3/c1-8(2)7-18-11-5-3-4-9(12(11)14)6-10(15)13(16)17/h3-5,10H,1,6-7,15H2,2H3,(H,16,17). The molecule has 1 unspecified atom stereocenters. The number of carbonyl (C=O) groups is 1. The van der Waals surface area contributed by atoms with Crippen LogP contribution in [-0.4, -0.2) is 23.7 Å². The highest BCUT2D eigenvalue weighted by Gasteiger charge is 2.15. The quantitative estimate of drug-likeness (QED) is 0.777. The Morgan fingerprint density at radius 3 is 2.83 bits per heavy atom. The molecule has 18 heavy (non-hydrogen) atoms. The van der Waals surface area contributed by atoms with E-state index in [9.17, 15) is 4.79 Å². The van der Waals surface area contributed by atoms with Crippen molar-refractivity contribution >= 4 is 17.6 Å². The topological polar surface area (TPSA) is 72.5 Å². The number of hydrogen-bond donors (Lipinski definition) is 2. The molecule has 0 heterocycles. The van der Waals surface area contributed by atoms with Crippen LogP contribution in [0.1, 0.15) is 12.5 Å². The van der Waals surface area contributed by atoms with Crippen LogP contribution in [0.5, 0.6) is 5.75 Å². The molecule has 0 aromatic heterocycles. The molecule has 0 aliphatic heterocycles. The highest BCUT2D eigenvalue weighted by Crippen LogP contribution is 2.29. The molecule has 1 atom stereocenters. The summed E-state index contributed by atoms with van der Waals surface area (Å²) in [5.74, 6) is -0.547. The average molecular weight is 270 g/mol. The fourth-order valence-electron chi connectivity index (χ4n) is 1.35. The fraction of sp³-hybridized carbons (Fsp3) is 0.308. The van der Waals surface area contributed by atoms with Crippen LogP contribution >= 0.6 is 11.6 Å². The van der Waals surface area contributed by atoms with Crippen molar-refractivity contribution in [1.82, 2.24) is 0 Å². The number of benzene rings is 1. The van der Waals surface area contributed by atoms with Crippen LogP contribution in [0.15, 0.2) is 30.4 Å². The third kappa shape index (κ3) is 4.05. The summed E-state index contributed by atoms with van der Waals surface area (Å²) in [6.45, 7) is 5.94. The van der Waals surface area contributed by atoms with E-state index in [1.165, 1.54) is 0 Å². The van der Waals surface area contributed by atoms with Gasteiger partial charge in [0.2, 0.25) is 0 Å². The molecule has 0 saturated heterocycles. The van der Waals surface area contributed by atoms with E-state index in [1.807, 2.05) is 6.92 Å². The zero-order chi connectivity index (χ0) is 13.7. The maximum absolute atomic E-state index is 10.7. The molecule has 3 N–H and O–H groups in total. The first kappa shape index (κ1) is 14.5. The molecular weight excluding hydrogens is 254 g/mol. The van der Waals surface area contributed by atoms with Gasteiger partial charge in [0.15, 0.2) is 0 Å². The van der Waals surface area contributed by atoms with E-state index in [0.717, 1.165) is 5.57 Å². The summed E-state index contributed by atoms with van der Waals surface area (Å²) >= 11 is 6.14. The minimum Gasteiger partial charge on any atom is -0.488 e. The minimum absolute atomic E-state index is 0.165. The SMILES string of the molecule is C=C(C)COc1cccc(CC(N)C(=O)O)c1Cl. The largest absolute Gasteiger partial charge is 0.488 e. The van der Waals surface area contributed by atoms with E-state index in [-0.39, 0.29) is 6.42 Å². The number of rotatable bonds is 6. The molecule has 0 spiro atoms. The number of carboxylic acids is 1. The molecule has 5 heteroatoms. The van der Waals surface area contributed by atoms with Gasteiger partial charge in [-0.05, 0) is 30.5 Å². The first-order chi connectivity index (χ1) is 8.41. The lowest BCUT2D eigenvalue weighted by molar-refractivity contribution is -0.138. The van der Waals surface area contributed by atoms with Gasteiger partial charge in [-0.25, -0.2) is 0 Å². The molecule has 0 aliphatic carbocycles. The van der Waals surface area contributed by atoms with E-state index in [1.54, 1.807) is 18.2 Å². The monoisotopic (exact) mass is 269 g/mol. The summed E-state index contributed by atoms with van der Waals surface area (Å²) in [7, 11) is 0. The predicted octanol–water partition coefficient (Wildman–Crippen LogP) is 2.25. The summed E-state index contributed by atoms with van der Waals surface area (Å²) in [4.78, 5) is 10.7. The van der Waals surface area contributed by atoms with Crippen molar-refractivity contribution < 1.29 is 14.6 Å². The molecular formula is C13H16ClNO3. The highest BCUT2D eigenvalue weighted by atomic mass is 35.5. The van der Waals surface area contributed by atoms with Gasteiger partial charge in [-0.15, -0.1) is 0 Å². The first-order valence-electron chi connectivity index (χ1n) is 5.44. The normalized spacial score (nSPS) is 11.9. The van der Waals surface area contributed by atoms with Crippen LogP contribution in [0.25, 0.3) is 0 Å². The zero-order valence-electron chi connectivity index (χ0n) is 10.1. The predicted molar refractivity (Wildman–Crippen MR) is 71.1 cm³/mol. The number of carboxylic acid groups (broad SMARTS) is 1. The summed E-state index contributed by atoms with van der Waals surface area (Å²) in [5.41, 5.74) is 7.01. The van der Waals surface area contributed by atoms with Gasteiger partial charge < -0.3 is 15.6 Å². The summed E-state index contributed by atoms with van der Waals surface area (Å²) in [6.07, 6.45) is 0.165. The molecule has 0 amide bonds. The molecule has 4 nitrogen and oxygen atoms in total. The highest BCUT2D eigenvalue weighted by molar-refractivity contribution is 6.32. The Labute approximate surface area is 111 Å². The Balaban J connectivity index is 2.84. The third-order valence-electron chi connectivity index (χ3n) is 2.27. The maximum Gasteiger partial charge on any atom is 0.320 e. The van der Waals surface area contributed by atoms with E-state index in [0.29, 0.717) is 22.9 Å². The molecule has 1 aromatic rings. The lowest BCUT2D eigenvalue weighted by atomic mass is 10.1. The number of hydrogen-bond acceptors (Lipinski definition) is 3. The van der Waals surface area contributed by atoms with Crippen molar-refractivity contribution in [1.29, 1.82) is 0 Å². The van der Waals surface area contributed by atoms with Gasteiger partial charge in [0.05, 0.1) is 5.02 Å². The van der Waals surface area contributed by atoms with Crippen LogP contribution in [0, 0.1) is 0 Å². The van der Waals surface area contributed by atoms with Crippen molar-refractivity contribution in [2.24, 2.45) is 5.73 Å². The fourth-order valence-corrected chi connectivity index (χ4v) is 1.61. The second-order valence-electron chi connectivity index (χ2n) is 4.12. The second-order valence-corrected chi connectivity index (χ2v) is 4.50. The van der Waals surface area contributed by atoms with Crippen LogP contribution in [0.2, 0.25) is 5.02 Å². The Hall–Kier alpha value is -1.52. The van der Waals surface area contributed by atoms with Gasteiger partial charge in [0, 0.05) is 0 Å². The Morgan fingerprint density at radius 1 is 1.61 bits per heavy atom. The molecule has 0 fully saturated rings. The molecule has 98 valence electrons. The lowest BCUT2D eigenvalue weighted by Crippen LogP contribution is -2.32. The minimum atomic E-state index is -1.06. The van der Waals surface area contributed by atoms with E-state index >= 15 is 0 Å². The maximum atomic E-state index is 10.7. The van der Waals surface area contributed by atoms with Crippen molar-refractivity contribution in [2.75, 3.05) is 6.61 Å². The Bertz CT molecular complexity index is 460. The van der Waals surface area contributed by atoms with Crippen LogP contribution < -0.4 is 10.5 Å². The third-order valence-corrected chi connectivity index (χ3v) is 2.70. The van der Waals surface area contributed by atoms with E-state index in [4.69, 9.17) is 27.2 Å². The van der Waals surface area contributed by atoms with E-state index < -0.39 is 12.0 Å². The van der Waals surface area contributed by atoms with Gasteiger partial charge in [-0.2, -0.15) is 0 Å². The molecule has 1 aromatic carbocycles. The number of ether oxygens (including phenoxy) is 1. The van der Waals surface area contributed by atoms with E-state index in [2.05, 4.69) is 6.58 Å². The smallest absolute Gasteiger partial charge is 0.320 e. The van der Waals surface area contributed by atoms with Crippen LogP contribution in [-0.2, 0) is 11.2 Å². The Kier molecular flexibility index (Phi) is 5.19. The van der Waals surface area contributed by atoms with Gasteiger partial charge >= 0.3 is 5.97 Å². The number of halogens is 1. The zero-order valence-corrected chi connectivity index (χ0v) is 10.9. The molecule has 0 saturated carbocycles. The first-order valence-corrected chi connectivity index (χ1v) is 5.82. The molecule has 1 rings (SSSR count). The van der Waals surface area contributed by atoms with Crippen molar-refractivity contribution in [3.8, 4) is 5.75 Å². The number of aliphatic carboxylic acids is 1. The summed E-state index contributed by atoms with van der Waals surface area (Å²) in [5, 5.41) is 9.17. The van der Waals surface area contributed by atoms with Crippen LogP contribution in [0.3, 0.4) is 0 Å². The van der Waals surface area contributed by atoms with Gasteiger partial charge in [0.25, 0.3) is 0 Å². The molecule has 0 radical (unpaired) electrons. The lowest BCUT2D eigenvalue weighted by Gasteiger charge is -2.12.